The molecular formula is C18H24ClN5O2. The summed E-state index contributed by atoms with van der Waals surface area (Å²) in [5.74, 6) is -0.249. The molecule has 3 rings (SSSR count). The van der Waals surface area contributed by atoms with Gasteiger partial charge in [0.15, 0.2) is 5.69 Å². The molecule has 26 heavy (non-hydrogen) atoms. The van der Waals surface area contributed by atoms with E-state index in [0.717, 1.165) is 43.1 Å². The fourth-order valence-electron chi connectivity index (χ4n) is 3.14. The van der Waals surface area contributed by atoms with Gasteiger partial charge in [0.1, 0.15) is 0 Å². The second-order valence-electron chi connectivity index (χ2n) is 6.52. The lowest BCUT2D eigenvalue weighted by molar-refractivity contribution is 0.0946. The number of piperidine rings is 1. The van der Waals surface area contributed by atoms with Crippen LogP contribution in [0.25, 0.3) is 0 Å². The smallest absolute Gasteiger partial charge is 0.273 e. The highest BCUT2D eigenvalue weighted by molar-refractivity contribution is 6.31. The Labute approximate surface area is 157 Å². The molecule has 1 aliphatic rings. The number of nitrogens with zero attached hydrogens (tertiary/aromatic N) is 4. The lowest BCUT2D eigenvalue weighted by Gasteiger charge is -2.31. The molecule has 140 valence electrons. The molecule has 1 aromatic heterocycles. The summed E-state index contributed by atoms with van der Waals surface area (Å²) in [6.45, 7) is 3.24. The van der Waals surface area contributed by atoms with E-state index in [0.29, 0.717) is 18.7 Å². The number of carbonyl (C=O) groups is 1. The quantitative estimate of drug-likeness (QED) is 0.720. The predicted molar refractivity (Wildman–Crippen MR) is 99.1 cm³/mol. The van der Waals surface area contributed by atoms with Gasteiger partial charge in [0.2, 0.25) is 0 Å². The SMILES string of the molecule is O=C(NCCCO)c1cn(C2CCN(Cc3ccccc3Cl)CC2)nn1. The molecule has 0 bridgehead atoms. The van der Waals surface area contributed by atoms with E-state index in [4.69, 9.17) is 16.7 Å². The van der Waals surface area contributed by atoms with Crippen LogP contribution in [0.5, 0.6) is 0 Å². The second kappa shape index (κ2) is 9.12. The van der Waals surface area contributed by atoms with Crippen LogP contribution < -0.4 is 5.32 Å². The van der Waals surface area contributed by atoms with Crippen molar-refractivity contribution in [3.8, 4) is 0 Å². The van der Waals surface area contributed by atoms with Crippen LogP contribution in [0, 0.1) is 0 Å². The zero-order valence-electron chi connectivity index (χ0n) is 14.6. The topological polar surface area (TPSA) is 83.3 Å². The van der Waals surface area contributed by atoms with Gasteiger partial charge < -0.3 is 10.4 Å². The van der Waals surface area contributed by atoms with Gasteiger partial charge in [0.05, 0.1) is 12.2 Å². The van der Waals surface area contributed by atoms with Crippen molar-refractivity contribution in [2.24, 2.45) is 0 Å². The van der Waals surface area contributed by atoms with Crippen molar-refractivity contribution in [3.05, 3.63) is 46.7 Å². The van der Waals surface area contributed by atoms with Crippen LogP contribution in [0.3, 0.4) is 0 Å². The summed E-state index contributed by atoms with van der Waals surface area (Å²) in [6.07, 6.45) is 4.16. The van der Waals surface area contributed by atoms with Crippen LogP contribution >= 0.6 is 11.6 Å². The maximum absolute atomic E-state index is 12.0. The van der Waals surface area contributed by atoms with Gasteiger partial charge in [-0.2, -0.15) is 0 Å². The number of likely N-dealkylation sites (tertiary alicyclic amines) is 1. The van der Waals surface area contributed by atoms with E-state index in [1.807, 2.05) is 18.2 Å². The normalized spacial score (nSPS) is 15.9. The van der Waals surface area contributed by atoms with Gasteiger partial charge >= 0.3 is 0 Å². The van der Waals surface area contributed by atoms with E-state index >= 15 is 0 Å². The first-order valence-corrected chi connectivity index (χ1v) is 9.32. The van der Waals surface area contributed by atoms with Crippen molar-refractivity contribution in [1.82, 2.24) is 25.2 Å². The Balaban J connectivity index is 1.50. The monoisotopic (exact) mass is 377 g/mol. The summed E-state index contributed by atoms with van der Waals surface area (Å²) in [4.78, 5) is 14.4. The minimum absolute atomic E-state index is 0.0553. The van der Waals surface area contributed by atoms with Gasteiger partial charge in [-0.15, -0.1) is 5.10 Å². The standard InChI is InChI=1S/C18H24ClN5O2/c19-16-5-2-1-4-14(16)12-23-9-6-15(7-10-23)24-13-17(21-22-24)18(26)20-8-3-11-25/h1-2,4-5,13,15,25H,3,6-12H2,(H,20,26). The van der Waals surface area contributed by atoms with Crippen molar-refractivity contribution in [2.75, 3.05) is 26.2 Å². The number of aliphatic hydroxyl groups excluding tert-OH is 1. The number of aliphatic hydroxyl groups is 1. The van der Waals surface area contributed by atoms with E-state index in [2.05, 4.69) is 26.6 Å². The molecule has 0 spiro atoms. The summed E-state index contributed by atoms with van der Waals surface area (Å²) in [6, 6.07) is 8.19. The zero-order valence-corrected chi connectivity index (χ0v) is 15.4. The number of rotatable bonds is 7. The van der Waals surface area contributed by atoms with Crippen molar-refractivity contribution in [1.29, 1.82) is 0 Å². The Hall–Kier alpha value is -1.96. The molecule has 0 saturated carbocycles. The first kappa shape index (κ1) is 18.8. The molecule has 2 aromatic rings. The minimum Gasteiger partial charge on any atom is -0.396 e. The maximum Gasteiger partial charge on any atom is 0.273 e. The van der Waals surface area contributed by atoms with Crippen LogP contribution in [0.15, 0.2) is 30.5 Å². The number of benzene rings is 1. The van der Waals surface area contributed by atoms with Crippen LogP contribution in [0.4, 0.5) is 0 Å². The molecule has 1 aliphatic heterocycles. The molecule has 8 heteroatoms. The molecule has 1 amide bonds. The molecule has 0 aliphatic carbocycles. The van der Waals surface area contributed by atoms with Gasteiger partial charge in [-0.1, -0.05) is 35.0 Å². The molecule has 0 atom stereocenters. The Bertz CT molecular complexity index is 728. The molecular weight excluding hydrogens is 354 g/mol. The largest absolute Gasteiger partial charge is 0.396 e. The number of nitrogens with one attached hydrogen (secondary N) is 1. The highest BCUT2D eigenvalue weighted by Gasteiger charge is 2.23. The first-order chi connectivity index (χ1) is 12.7. The number of amides is 1. The van der Waals surface area contributed by atoms with Crippen LogP contribution in [0.2, 0.25) is 5.02 Å². The number of aromatic nitrogens is 3. The number of hydrogen-bond donors (Lipinski definition) is 2. The van der Waals surface area contributed by atoms with Crippen LogP contribution in [-0.2, 0) is 6.54 Å². The first-order valence-electron chi connectivity index (χ1n) is 8.94. The van der Waals surface area contributed by atoms with E-state index in [9.17, 15) is 4.79 Å². The lowest BCUT2D eigenvalue weighted by atomic mass is 10.0. The molecule has 7 nitrogen and oxygen atoms in total. The fraction of sp³-hybridized carbons (Fsp3) is 0.500. The van der Waals surface area contributed by atoms with Crippen LogP contribution in [-0.4, -0.2) is 57.1 Å². The summed E-state index contributed by atoms with van der Waals surface area (Å²) in [7, 11) is 0. The maximum atomic E-state index is 12.0. The molecule has 1 aromatic carbocycles. The van der Waals surface area contributed by atoms with Gasteiger partial charge in [0, 0.05) is 37.8 Å². The minimum atomic E-state index is -0.249. The lowest BCUT2D eigenvalue weighted by Crippen LogP contribution is -2.34. The van der Waals surface area contributed by atoms with Crippen LogP contribution in [0.1, 0.15) is 41.4 Å². The van der Waals surface area contributed by atoms with E-state index in [1.165, 1.54) is 0 Å². The molecule has 0 radical (unpaired) electrons. The number of carbonyl (C=O) groups excluding carboxylic acids is 1. The molecule has 1 fully saturated rings. The number of hydrogen-bond acceptors (Lipinski definition) is 5. The van der Waals surface area contributed by atoms with E-state index in [-0.39, 0.29) is 18.6 Å². The number of halogens is 1. The molecule has 2 heterocycles. The third-order valence-electron chi connectivity index (χ3n) is 4.65. The van der Waals surface area contributed by atoms with Gasteiger partial charge in [-0.05, 0) is 30.9 Å². The summed E-state index contributed by atoms with van der Waals surface area (Å²) < 4.78 is 1.80. The van der Waals surface area contributed by atoms with E-state index < -0.39 is 0 Å². The van der Waals surface area contributed by atoms with Crippen molar-refractivity contribution < 1.29 is 9.90 Å². The van der Waals surface area contributed by atoms with Gasteiger partial charge in [-0.3, -0.25) is 9.69 Å². The third kappa shape index (κ3) is 4.81. The Morgan fingerprint density at radius 2 is 2.08 bits per heavy atom. The highest BCUT2D eigenvalue weighted by atomic mass is 35.5. The summed E-state index contributed by atoms with van der Waals surface area (Å²) in [5.41, 5.74) is 1.47. The molecule has 0 unspecified atom stereocenters. The van der Waals surface area contributed by atoms with Gasteiger partial charge in [-0.25, -0.2) is 4.68 Å². The third-order valence-corrected chi connectivity index (χ3v) is 5.02. The molecule has 2 N–H and O–H groups in total. The van der Waals surface area contributed by atoms with Crippen molar-refractivity contribution in [2.45, 2.75) is 31.8 Å². The zero-order chi connectivity index (χ0) is 18.4. The second-order valence-corrected chi connectivity index (χ2v) is 6.92. The summed E-state index contributed by atoms with van der Waals surface area (Å²) >= 11 is 6.25. The van der Waals surface area contributed by atoms with E-state index in [1.54, 1.807) is 10.9 Å². The van der Waals surface area contributed by atoms with Crippen molar-refractivity contribution >= 4 is 17.5 Å². The average Bonchev–Trinajstić information content (AvgIpc) is 3.15. The molecule has 1 saturated heterocycles. The average molecular weight is 378 g/mol. The van der Waals surface area contributed by atoms with Gasteiger partial charge in [0.25, 0.3) is 5.91 Å². The van der Waals surface area contributed by atoms with Crippen molar-refractivity contribution in [3.63, 3.8) is 0 Å². The Kier molecular flexibility index (Phi) is 6.60. The fourth-order valence-corrected chi connectivity index (χ4v) is 3.34. The summed E-state index contributed by atoms with van der Waals surface area (Å²) in [5, 5.41) is 20.4. The Morgan fingerprint density at radius 3 is 2.81 bits per heavy atom. The highest BCUT2D eigenvalue weighted by Crippen LogP contribution is 2.24. The Morgan fingerprint density at radius 1 is 1.31 bits per heavy atom. The predicted octanol–water partition coefficient (Wildman–Crippen LogP) is 1.88.